The number of nitrogens with one attached hydrogen (secondary N) is 1. The highest BCUT2D eigenvalue weighted by Crippen LogP contribution is 2.24. The predicted octanol–water partition coefficient (Wildman–Crippen LogP) is 2.38. The van der Waals surface area contributed by atoms with E-state index in [2.05, 4.69) is 51.3 Å². The SMILES string of the molecule is CCNCc1ccc(N(C)C(C)CO)cc1Br. The Balaban J connectivity index is 2.80. The zero-order chi connectivity index (χ0) is 12.8. The van der Waals surface area contributed by atoms with Gasteiger partial charge in [0.2, 0.25) is 0 Å². The van der Waals surface area contributed by atoms with Crippen LogP contribution < -0.4 is 10.2 Å². The molecular formula is C13H21BrN2O. The van der Waals surface area contributed by atoms with Gasteiger partial charge >= 0.3 is 0 Å². The average Bonchev–Trinajstić information content (AvgIpc) is 2.35. The molecule has 0 bridgehead atoms. The van der Waals surface area contributed by atoms with Crippen LogP contribution in [0.5, 0.6) is 0 Å². The minimum Gasteiger partial charge on any atom is -0.394 e. The molecule has 3 nitrogen and oxygen atoms in total. The van der Waals surface area contributed by atoms with Crippen molar-refractivity contribution in [2.75, 3.05) is 25.1 Å². The largest absolute Gasteiger partial charge is 0.394 e. The van der Waals surface area contributed by atoms with Gasteiger partial charge < -0.3 is 15.3 Å². The van der Waals surface area contributed by atoms with Gasteiger partial charge in [0, 0.05) is 29.8 Å². The fourth-order valence-corrected chi connectivity index (χ4v) is 2.04. The van der Waals surface area contributed by atoms with Gasteiger partial charge in [-0.3, -0.25) is 0 Å². The second kappa shape index (κ2) is 6.99. The van der Waals surface area contributed by atoms with Gasteiger partial charge in [-0.1, -0.05) is 28.9 Å². The second-order valence-electron chi connectivity index (χ2n) is 4.20. The first-order chi connectivity index (χ1) is 8.10. The molecule has 1 rings (SSSR count). The van der Waals surface area contributed by atoms with E-state index in [1.54, 1.807) is 0 Å². The van der Waals surface area contributed by atoms with Crippen LogP contribution in [0.3, 0.4) is 0 Å². The van der Waals surface area contributed by atoms with E-state index in [1.165, 1.54) is 5.56 Å². The Kier molecular flexibility index (Phi) is 5.95. The van der Waals surface area contributed by atoms with Crippen molar-refractivity contribution in [2.45, 2.75) is 26.4 Å². The van der Waals surface area contributed by atoms with Gasteiger partial charge in [-0.15, -0.1) is 0 Å². The van der Waals surface area contributed by atoms with E-state index in [0.717, 1.165) is 23.2 Å². The molecule has 0 aliphatic rings. The summed E-state index contributed by atoms with van der Waals surface area (Å²) in [6, 6.07) is 6.42. The van der Waals surface area contributed by atoms with Gasteiger partial charge in [-0.2, -0.15) is 0 Å². The summed E-state index contributed by atoms with van der Waals surface area (Å²) in [7, 11) is 1.99. The lowest BCUT2D eigenvalue weighted by Gasteiger charge is -2.26. The summed E-state index contributed by atoms with van der Waals surface area (Å²) in [4.78, 5) is 2.07. The maximum Gasteiger partial charge on any atom is 0.0632 e. The Morgan fingerprint density at radius 2 is 2.18 bits per heavy atom. The zero-order valence-electron chi connectivity index (χ0n) is 10.7. The van der Waals surface area contributed by atoms with Gasteiger partial charge in [0.05, 0.1) is 6.61 Å². The van der Waals surface area contributed by atoms with Crippen molar-refractivity contribution in [3.63, 3.8) is 0 Å². The lowest BCUT2D eigenvalue weighted by molar-refractivity contribution is 0.270. The number of likely N-dealkylation sites (N-methyl/N-ethyl adjacent to an activating group) is 1. The topological polar surface area (TPSA) is 35.5 Å². The Morgan fingerprint density at radius 1 is 1.47 bits per heavy atom. The summed E-state index contributed by atoms with van der Waals surface area (Å²) in [5.41, 5.74) is 2.36. The van der Waals surface area contributed by atoms with Crippen LogP contribution in [-0.4, -0.2) is 31.3 Å². The molecule has 17 heavy (non-hydrogen) atoms. The first-order valence-electron chi connectivity index (χ1n) is 5.93. The van der Waals surface area contributed by atoms with Crippen molar-refractivity contribution >= 4 is 21.6 Å². The van der Waals surface area contributed by atoms with E-state index >= 15 is 0 Å². The third-order valence-electron chi connectivity index (χ3n) is 2.93. The van der Waals surface area contributed by atoms with Crippen molar-refractivity contribution in [1.82, 2.24) is 5.32 Å². The number of benzene rings is 1. The van der Waals surface area contributed by atoms with Gasteiger partial charge in [0.15, 0.2) is 0 Å². The number of rotatable bonds is 6. The number of hydrogen-bond acceptors (Lipinski definition) is 3. The number of halogens is 1. The highest BCUT2D eigenvalue weighted by molar-refractivity contribution is 9.10. The van der Waals surface area contributed by atoms with Crippen molar-refractivity contribution in [3.05, 3.63) is 28.2 Å². The minimum atomic E-state index is 0.126. The molecule has 2 N–H and O–H groups in total. The number of aliphatic hydroxyl groups excluding tert-OH is 1. The Morgan fingerprint density at radius 3 is 2.71 bits per heavy atom. The number of nitrogens with zero attached hydrogens (tertiary/aromatic N) is 1. The van der Waals surface area contributed by atoms with Crippen LogP contribution in [0.1, 0.15) is 19.4 Å². The summed E-state index contributed by atoms with van der Waals surface area (Å²) < 4.78 is 1.10. The highest BCUT2D eigenvalue weighted by atomic mass is 79.9. The first kappa shape index (κ1) is 14.5. The van der Waals surface area contributed by atoms with E-state index in [4.69, 9.17) is 5.11 Å². The summed E-state index contributed by atoms with van der Waals surface area (Å²) in [6.45, 7) is 6.10. The van der Waals surface area contributed by atoms with Crippen LogP contribution >= 0.6 is 15.9 Å². The standard InChI is InChI=1S/C13H21BrN2O/c1-4-15-8-11-5-6-12(7-13(11)14)16(3)10(2)9-17/h5-7,10,15,17H,4,8-9H2,1-3H3. The van der Waals surface area contributed by atoms with E-state index in [9.17, 15) is 0 Å². The Labute approximate surface area is 112 Å². The van der Waals surface area contributed by atoms with Crippen molar-refractivity contribution in [2.24, 2.45) is 0 Å². The number of hydrogen-bond donors (Lipinski definition) is 2. The van der Waals surface area contributed by atoms with Crippen molar-refractivity contribution in [1.29, 1.82) is 0 Å². The minimum absolute atomic E-state index is 0.126. The second-order valence-corrected chi connectivity index (χ2v) is 5.05. The molecule has 0 heterocycles. The molecule has 4 heteroatoms. The maximum absolute atomic E-state index is 9.14. The monoisotopic (exact) mass is 300 g/mol. The Hall–Kier alpha value is -0.580. The van der Waals surface area contributed by atoms with Crippen molar-refractivity contribution in [3.8, 4) is 0 Å². The van der Waals surface area contributed by atoms with E-state index < -0.39 is 0 Å². The maximum atomic E-state index is 9.14. The molecule has 0 amide bonds. The molecule has 0 spiro atoms. The van der Waals surface area contributed by atoms with Gasteiger partial charge in [0.1, 0.15) is 0 Å². The Bertz CT molecular complexity index is 357. The molecule has 1 unspecified atom stereocenters. The lowest BCUT2D eigenvalue weighted by atomic mass is 10.1. The normalized spacial score (nSPS) is 12.5. The molecule has 0 aliphatic carbocycles. The summed E-state index contributed by atoms with van der Waals surface area (Å²) in [5, 5.41) is 12.4. The summed E-state index contributed by atoms with van der Waals surface area (Å²) in [5.74, 6) is 0. The fraction of sp³-hybridized carbons (Fsp3) is 0.538. The van der Waals surface area contributed by atoms with Crippen LogP contribution in [-0.2, 0) is 6.54 Å². The molecule has 0 aromatic heterocycles. The zero-order valence-corrected chi connectivity index (χ0v) is 12.3. The van der Waals surface area contributed by atoms with Crippen LogP contribution in [0.25, 0.3) is 0 Å². The quantitative estimate of drug-likeness (QED) is 0.847. The number of aliphatic hydroxyl groups is 1. The van der Waals surface area contributed by atoms with Crippen LogP contribution in [0.2, 0.25) is 0 Å². The molecule has 0 aliphatic heterocycles. The van der Waals surface area contributed by atoms with Gasteiger partial charge in [-0.05, 0) is 31.2 Å². The molecule has 0 saturated heterocycles. The molecule has 1 aromatic carbocycles. The van der Waals surface area contributed by atoms with Gasteiger partial charge in [-0.25, -0.2) is 0 Å². The lowest BCUT2D eigenvalue weighted by Crippen LogP contribution is -2.31. The van der Waals surface area contributed by atoms with E-state index in [1.807, 2.05) is 14.0 Å². The molecule has 96 valence electrons. The molecule has 0 radical (unpaired) electrons. The fourth-order valence-electron chi connectivity index (χ4n) is 1.54. The number of anilines is 1. The van der Waals surface area contributed by atoms with Crippen LogP contribution in [0, 0.1) is 0 Å². The van der Waals surface area contributed by atoms with Crippen molar-refractivity contribution < 1.29 is 5.11 Å². The summed E-state index contributed by atoms with van der Waals surface area (Å²) >= 11 is 3.59. The third-order valence-corrected chi connectivity index (χ3v) is 3.67. The summed E-state index contributed by atoms with van der Waals surface area (Å²) in [6.07, 6.45) is 0. The smallest absolute Gasteiger partial charge is 0.0632 e. The van der Waals surface area contributed by atoms with Crippen LogP contribution in [0.4, 0.5) is 5.69 Å². The first-order valence-corrected chi connectivity index (χ1v) is 6.72. The third kappa shape index (κ3) is 3.98. The average molecular weight is 301 g/mol. The molecular weight excluding hydrogens is 280 g/mol. The molecule has 1 atom stereocenters. The van der Waals surface area contributed by atoms with E-state index in [0.29, 0.717) is 0 Å². The molecule has 0 fully saturated rings. The van der Waals surface area contributed by atoms with E-state index in [-0.39, 0.29) is 12.6 Å². The molecule has 1 aromatic rings. The predicted molar refractivity (Wildman–Crippen MR) is 76.5 cm³/mol. The van der Waals surface area contributed by atoms with Crippen LogP contribution in [0.15, 0.2) is 22.7 Å². The highest BCUT2D eigenvalue weighted by Gasteiger charge is 2.10. The molecule has 0 saturated carbocycles. The van der Waals surface area contributed by atoms with Gasteiger partial charge in [0.25, 0.3) is 0 Å².